The zero-order valence-corrected chi connectivity index (χ0v) is 5.01. The zero-order chi connectivity index (χ0) is 7.11. The van der Waals surface area contributed by atoms with Gasteiger partial charge >= 0.3 is 6.09 Å². The van der Waals surface area contributed by atoms with Gasteiger partial charge in [0.2, 0.25) is 0 Å². The third kappa shape index (κ3) is 4.60. The lowest BCUT2D eigenvalue weighted by molar-refractivity contribution is 0.158. The van der Waals surface area contributed by atoms with Crippen LogP contribution in [0.4, 0.5) is 4.79 Å². The van der Waals surface area contributed by atoms with E-state index < -0.39 is 6.09 Å². The van der Waals surface area contributed by atoms with E-state index in [0.717, 1.165) is 6.40 Å². The quantitative estimate of drug-likeness (QED) is 0.244. The van der Waals surface area contributed by atoms with E-state index in [-0.39, 0.29) is 6.73 Å². The summed E-state index contributed by atoms with van der Waals surface area (Å²) in [5.74, 6) is 0. The number of hydrogen-bond donors (Lipinski definition) is 2. The predicted octanol–water partition coefficient (Wildman–Crippen LogP) is -0.0764. The van der Waals surface area contributed by atoms with Crippen molar-refractivity contribution in [3.63, 3.8) is 0 Å². The molecule has 9 heavy (non-hydrogen) atoms. The Balaban J connectivity index is 3.06. The highest BCUT2D eigenvalue weighted by Crippen LogP contribution is 1.68. The molecule has 5 heteroatoms. The lowest BCUT2D eigenvalue weighted by Crippen LogP contribution is -2.25. The molecule has 0 saturated carbocycles. The third-order valence-electron chi connectivity index (χ3n) is 0.569. The smallest absolute Gasteiger partial charge is 0.409 e. The maximum atomic E-state index is 10.2. The van der Waals surface area contributed by atoms with Crippen molar-refractivity contribution in [3.8, 4) is 0 Å². The number of amides is 1. The zero-order valence-electron chi connectivity index (χ0n) is 5.01. The van der Waals surface area contributed by atoms with Gasteiger partial charge in [-0.1, -0.05) is 0 Å². The number of carbonyl (C=O) groups excluding carboxylic acids is 1. The molecule has 0 bridgehead atoms. The largest absolute Gasteiger partial charge is 0.463 e. The molecule has 0 aromatic carbocycles. The molecule has 0 aliphatic carbocycles. The standard InChI is InChI=1S/C4H8N2O3/c1-8-4(7)6-3-9-2-5/h2,5H,3H2,1H3,(H,6,7). The number of alkyl carbamates (subject to hydrolysis) is 1. The summed E-state index contributed by atoms with van der Waals surface area (Å²) in [6.07, 6.45) is 0.160. The Morgan fingerprint density at radius 1 is 1.89 bits per heavy atom. The SMILES string of the molecule is COC(=O)NCOC=N. The summed E-state index contributed by atoms with van der Waals surface area (Å²) in [5, 5.41) is 8.56. The fraction of sp³-hybridized carbons (Fsp3) is 0.500. The Morgan fingerprint density at radius 2 is 2.56 bits per heavy atom. The van der Waals surface area contributed by atoms with Crippen molar-refractivity contribution in [1.82, 2.24) is 5.32 Å². The lowest BCUT2D eigenvalue weighted by Gasteiger charge is -2.00. The Hall–Kier alpha value is -1.26. The van der Waals surface area contributed by atoms with Gasteiger partial charge in [-0.25, -0.2) is 4.79 Å². The van der Waals surface area contributed by atoms with Gasteiger partial charge in [0.15, 0.2) is 13.1 Å². The van der Waals surface area contributed by atoms with E-state index >= 15 is 0 Å². The summed E-state index contributed by atoms with van der Waals surface area (Å²) in [6.45, 7) is -0.0316. The van der Waals surface area contributed by atoms with Gasteiger partial charge in [0.1, 0.15) is 0 Å². The minimum absolute atomic E-state index is 0.0316. The van der Waals surface area contributed by atoms with Crippen molar-refractivity contribution >= 4 is 12.5 Å². The molecule has 0 aromatic heterocycles. The van der Waals surface area contributed by atoms with E-state index in [9.17, 15) is 4.79 Å². The molecule has 0 aliphatic heterocycles. The average molecular weight is 132 g/mol. The summed E-state index contributed by atoms with van der Waals surface area (Å²) >= 11 is 0. The van der Waals surface area contributed by atoms with Gasteiger partial charge in [0.25, 0.3) is 0 Å². The predicted molar refractivity (Wildman–Crippen MR) is 30.3 cm³/mol. The summed E-state index contributed by atoms with van der Waals surface area (Å²) < 4.78 is 8.53. The third-order valence-corrected chi connectivity index (χ3v) is 0.569. The molecule has 0 aliphatic rings. The van der Waals surface area contributed by atoms with Crippen molar-refractivity contribution in [2.45, 2.75) is 0 Å². The Morgan fingerprint density at radius 3 is 3.00 bits per heavy atom. The van der Waals surface area contributed by atoms with Crippen LogP contribution in [0.2, 0.25) is 0 Å². The Labute approximate surface area is 52.5 Å². The summed E-state index contributed by atoms with van der Waals surface area (Å²) in [5.41, 5.74) is 0. The van der Waals surface area contributed by atoms with Gasteiger partial charge in [-0.3, -0.25) is 10.7 Å². The van der Waals surface area contributed by atoms with Crippen LogP contribution < -0.4 is 5.32 Å². The molecule has 0 radical (unpaired) electrons. The highest BCUT2D eigenvalue weighted by molar-refractivity contribution is 5.66. The van der Waals surface area contributed by atoms with Crippen LogP contribution in [0.15, 0.2) is 0 Å². The molecule has 5 nitrogen and oxygen atoms in total. The van der Waals surface area contributed by atoms with Crippen LogP contribution in [0.25, 0.3) is 0 Å². The highest BCUT2D eigenvalue weighted by Gasteiger charge is 1.93. The second kappa shape index (κ2) is 4.89. The van der Waals surface area contributed by atoms with Crippen LogP contribution in [-0.4, -0.2) is 26.3 Å². The Kier molecular flexibility index (Phi) is 4.20. The minimum atomic E-state index is -0.572. The fourth-order valence-corrected chi connectivity index (χ4v) is 0.214. The number of methoxy groups -OCH3 is 1. The summed E-state index contributed by atoms with van der Waals surface area (Å²) in [7, 11) is 1.25. The molecule has 52 valence electrons. The van der Waals surface area contributed by atoms with Gasteiger partial charge in [0.05, 0.1) is 7.11 Å². The highest BCUT2D eigenvalue weighted by atomic mass is 16.5. The first-order chi connectivity index (χ1) is 4.31. The first-order valence-electron chi connectivity index (χ1n) is 2.23. The molecule has 0 atom stereocenters. The molecular formula is C4H8N2O3. The molecule has 0 rings (SSSR count). The van der Waals surface area contributed by atoms with Crippen molar-refractivity contribution in [3.05, 3.63) is 0 Å². The molecule has 0 unspecified atom stereocenters. The molecule has 1 amide bonds. The maximum absolute atomic E-state index is 10.2. The maximum Gasteiger partial charge on any atom is 0.409 e. The normalized spacial score (nSPS) is 7.67. The van der Waals surface area contributed by atoms with Crippen molar-refractivity contribution < 1.29 is 14.3 Å². The van der Waals surface area contributed by atoms with Crippen molar-refractivity contribution in [2.75, 3.05) is 13.8 Å². The minimum Gasteiger partial charge on any atom is -0.463 e. The fourth-order valence-electron chi connectivity index (χ4n) is 0.214. The molecule has 0 spiro atoms. The summed E-state index contributed by atoms with van der Waals surface area (Å²) in [6, 6.07) is 0. The first-order valence-corrected chi connectivity index (χ1v) is 2.23. The average Bonchev–Trinajstić information content (AvgIpc) is 1.89. The molecule has 0 aromatic rings. The van der Waals surface area contributed by atoms with E-state index in [4.69, 9.17) is 5.41 Å². The van der Waals surface area contributed by atoms with Gasteiger partial charge < -0.3 is 9.47 Å². The second-order valence-corrected chi connectivity index (χ2v) is 1.10. The van der Waals surface area contributed by atoms with E-state index in [1.807, 2.05) is 0 Å². The number of rotatable bonds is 3. The van der Waals surface area contributed by atoms with Crippen LogP contribution in [0.3, 0.4) is 0 Å². The van der Waals surface area contributed by atoms with Gasteiger partial charge in [-0.05, 0) is 0 Å². The number of nitrogens with one attached hydrogen (secondary N) is 2. The number of hydrogen-bond acceptors (Lipinski definition) is 4. The molecule has 0 heterocycles. The lowest BCUT2D eigenvalue weighted by atomic mass is 11.0. The van der Waals surface area contributed by atoms with Crippen LogP contribution in [-0.2, 0) is 9.47 Å². The van der Waals surface area contributed by atoms with Gasteiger partial charge in [-0.15, -0.1) is 0 Å². The Bertz CT molecular complexity index is 104. The number of ether oxygens (including phenoxy) is 2. The number of carbonyl (C=O) groups is 1. The van der Waals surface area contributed by atoms with E-state index in [1.54, 1.807) is 0 Å². The monoisotopic (exact) mass is 132 g/mol. The van der Waals surface area contributed by atoms with Crippen molar-refractivity contribution in [2.24, 2.45) is 0 Å². The van der Waals surface area contributed by atoms with Gasteiger partial charge in [0, 0.05) is 0 Å². The second-order valence-electron chi connectivity index (χ2n) is 1.10. The van der Waals surface area contributed by atoms with Crippen LogP contribution in [0, 0.1) is 5.41 Å². The van der Waals surface area contributed by atoms with Crippen LogP contribution >= 0.6 is 0 Å². The topological polar surface area (TPSA) is 71.4 Å². The van der Waals surface area contributed by atoms with E-state index in [2.05, 4.69) is 14.8 Å². The van der Waals surface area contributed by atoms with E-state index in [1.165, 1.54) is 7.11 Å². The molecule has 0 saturated heterocycles. The van der Waals surface area contributed by atoms with Crippen LogP contribution in [0.1, 0.15) is 0 Å². The van der Waals surface area contributed by atoms with Gasteiger partial charge in [-0.2, -0.15) is 0 Å². The van der Waals surface area contributed by atoms with Crippen LogP contribution in [0.5, 0.6) is 0 Å². The summed E-state index contributed by atoms with van der Waals surface area (Å²) in [4.78, 5) is 10.2. The molecular weight excluding hydrogens is 124 g/mol. The molecule has 2 N–H and O–H groups in total. The van der Waals surface area contributed by atoms with E-state index in [0.29, 0.717) is 0 Å². The first kappa shape index (κ1) is 7.74. The molecule has 0 fully saturated rings. The van der Waals surface area contributed by atoms with Crippen molar-refractivity contribution in [1.29, 1.82) is 5.41 Å².